The highest BCUT2D eigenvalue weighted by Gasteiger charge is 2.25. The van der Waals surface area contributed by atoms with Gasteiger partial charge in [-0.3, -0.25) is 9.52 Å². The molecule has 1 aliphatic rings. The Morgan fingerprint density at radius 3 is 2.32 bits per heavy atom. The van der Waals surface area contributed by atoms with Gasteiger partial charge in [0.15, 0.2) is 0 Å². The van der Waals surface area contributed by atoms with E-state index < -0.39 is 15.8 Å². The first-order valence-electron chi connectivity index (χ1n) is 9.61. The molecule has 0 aromatic heterocycles. The van der Waals surface area contributed by atoms with Gasteiger partial charge in [0.1, 0.15) is 5.82 Å². The van der Waals surface area contributed by atoms with Crippen molar-refractivity contribution < 1.29 is 17.6 Å². The summed E-state index contributed by atoms with van der Waals surface area (Å²) in [4.78, 5) is 14.7. The summed E-state index contributed by atoms with van der Waals surface area (Å²) in [6.45, 7) is 2.59. The van der Waals surface area contributed by atoms with Crippen molar-refractivity contribution in [1.82, 2.24) is 4.90 Å². The van der Waals surface area contributed by atoms with Crippen LogP contribution in [0.1, 0.15) is 49.4 Å². The minimum absolute atomic E-state index is 0.0204. The number of carbonyl (C=O) groups excluding carboxylic acids is 1. The molecule has 28 heavy (non-hydrogen) atoms. The van der Waals surface area contributed by atoms with Crippen LogP contribution in [0.5, 0.6) is 0 Å². The van der Waals surface area contributed by atoms with Crippen LogP contribution in [-0.2, 0) is 10.0 Å². The topological polar surface area (TPSA) is 66.5 Å². The molecule has 1 amide bonds. The second kappa shape index (κ2) is 8.73. The van der Waals surface area contributed by atoms with Crippen molar-refractivity contribution in [3.63, 3.8) is 0 Å². The molecule has 1 N–H and O–H groups in total. The highest BCUT2D eigenvalue weighted by Crippen LogP contribution is 2.25. The Kier molecular flexibility index (Phi) is 6.34. The predicted octanol–water partition coefficient (Wildman–Crippen LogP) is 4.42. The third-order valence-corrected chi connectivity index (χ3v) is 6.53. The van der Waals surface area contributed by atoms with Crippen LogP contribution in [0.4, 0.5) is 10.1 Å². The molecule has 150 valence electrons. The molecule has 1 aliphatic carbocycles. The average Bonchev–Trinajstić information content (AvgIpc) is 2.71. The maximum absolute atomic E-state index is 13.7. The molecule has 0 atom stereocenters. The Balaban J connectivity index is 1.76. The number of nitrogens with zero attached hydrogens (tertiary/aromatic N) is 1. The Morgan fingerprint density at radius 2 is 1.71 bits per heavy atom. The van der Waals surface area contributed by atoms with Crippen molar-refractivity contribution in [2.24, 2.45) is 0 Å². The number of hydrogen-bond acceptors (Lipinski definition) is 3. The summed E-state index contributed by atoms with van der Waals surface area (Å²) in [5.74, 6) is -0.732. The second-order valence-corrected chi connectivity index (χ2v) is 8.68. The first-order chi connectivity index (χ1) is 13.4. The first-order valence-corrected chi connectivity index (χ1v) is 11.1. The molecule has 2 aromatic rings. The van der Waals surface area contributed by atoms with Gasteiger partial charge < -0.3 is 4.90 Å². The SMILES string of the molecule is CCN(C(=O)c1ccc(S(=O)(=O)Nc2ccccc2F)cc1)C1CCCCC1. The monoisotopic (exact) mass is 404 g/mol. The lowest BCUT2D eigenvalue weighted by molar-refractivity contribution is 0.0648. The molecule has 0 radical (unpaired) electrons. The lowest BCUT2D eigenvalue weighted by Gasteiger charge is -2.33. The quantitative estimate of drug-likeness (QED) is 0.775. The van der Waals surface area contributed by atoms with Crippen LogP contribution in [0.3, 0.4) is 0 Å². The molecule has 1 saturated carbocycles. The summed E-state index contributed by atoms with van der Waals surface area (Å²) >= 11 is 0. The predicted molar refractivity (Wildman–Crippen MR) is 107 cm³/mol. The van der Waals surface area contributed by atoms with Gasteiger partial charge in [-0.2, -0.15) is 0 Å². The number of rotatable bonds is 6. The highest BCUT2D eigenvalue weighted by atomic mass is 32.2. The second-order valence-electron chi connectivity index (χ2n) is 6.99. The molecule has 0 bridgehead atoms. The fourth-order valence-electron chi connectivity index (χ4n) is 3.65. The Bertz CT molecular complexity index is 923. The van der Waals surface area contributed by atoms with Crippen molar-refractivity contribution in [2.75, 3.05) is 11.3 Å². The van der Waals surface area contributed by atoms with Gasteiger partial charge in [0.25, 0.3) is 15.9 Å². The van der Waals surface area contributed by atoms with Crippen LogP contribution in [0, 0.1) is 5.82 Å². The molecule has 0 saturated heterocycles. The van der Waals surface area contributed by atoms with Crippen LogP contribution in [-0.4, -0.2) is 31.8 Å². The fourth-order valence-corrected chi connectivity index (χ4v) is 4.72. The Hall–Kier alpha value is -2.41. The number of anilines is 1. The van der Waals surface area contributed by atoms with Crippen molar-refractivity contribution in [1.29, 1.82) is 0 Å². The highest BCUT2D eigenvalue weighted by molar-refractivity contribution is 7.92. The maximum atomic E-state index is 13.7. The van der Waals surface area contributed by atoms with Gasteiger partial charge in [0, 0.05) is 18.2 Å². The van der Waals surface area contributed by atoms with Gasteiger partial charge in [-0.25, -0.2) is 12.8 Å². The lowest BCUT2D eigenvalue weighted by Crippen LogP contribution is -2.41. The van der Waals surface area contributed by atoms with Gasteiger partial charge >= 0.3 is 0 Å². The van der Waals surface area contributed by atoms with Gasteiger partial charge in [0.05, 0.1) is 10.6 Å². The van der Waals surface area contributed by atoms with E-state index >= 15 is 0 Å². The summed E-state index contributed by atoms with van der Waals surface area (Å²) in [5.41, 5.74) is 0.342. The van der Waals surface area contributed by atoms with E-state index in [9.17, 15) is 17.6 Å². The first kappa shape index (κ1) is 20.3. The molecule has 5 nitrogen and oxygen atoms in total. The molecule has 0 heterocycles. The third kappa shape index (κ3) is 4.52. The van der Waals surface area contributed by atoms with Gasteiger partial charge in [-0.05, 0) is 56.2 Å². The van der Waals surface area contributed by atoms with Crippen LogP contribution in [0.25, 0.3) is 0 Å². The van der Waals surface area contributed by atoms with Crippen molar-refractivity contribution >= 4 is 21.6 Å². The summed E-state index contributed by atoms with van der Waals surface area (Å²) in [5, 5.41) is 0. The molecule has 7 heteroatoms. The Labute approximate surface area is 165 Å². The summed E-state index contributed by atoms with van der Waals surface area (Å²) in [6.07, 6.45) is 5.50. The van der Waals surface area contributed by atoms with Crippen LogP contribution >= 0.6 is 0 Å². The molecule has 3 rings (SSSR count). The number of para-hydroxylation sites is 1. The number of carbonyl (C=O) groups is 1. The molecule has 1 fully saturated rings. The van der Waals surface area contributed by atoms with Crippen molar-refractivity contribution in [2.45, 2.75) is 50.0 Å². The van der Waals surface area contributed by atoms with Gasteiger partial charge in [0.2, 0.25) is 0 Å². The molecule has 2 aromatic carbocycles. The average molecular weight is 405 g/mol. The summed E-state index contributed by atoms with van der Waals surface area (Å²) in [6, 6.07) is 11.6. The number of halogens is 1. The van der Waals surface area contributed by atoms with Crippen molar-refractivity contribution in [3.05, 3.63) is 59.9 Å². The molecule has 0 unspecified atom stereocenters. The van der Waals surface area contributed by atoms with Gasteiger partial charge in [-0.15, -0.1) is 0 Å². The minimum atomic E-state index is -3.94. The van der Waals surface area contributed by atoms with Gasteiger partial charge in [-0.1, -0.05) is 31.4 Å². The number of amides is 1. The number of sulfonamides is 1. The zero-order chi connectivity index (χ0) is 20.1. The fraction of sp³-hybridized carbons (Fsp3) is 0.381. The number of hydrogen-bond donors (Lipinski definition) is 1. The smallest absolute Gasteiger partial charge is 0.261 e. The summed E-state index contributed by atoms with van der Waals surface area (Å²) in [7, 11) is -3.94. The Morgan fingerprint density at radius 1 is 1.07 bits per heavy atom. The van der Waals surface area contributed by atoms with E-state index in [2.05, 4.69) is 4.72 Å². The molecule has 0 spiro atoms. The van der Waals surface area contributed by atoms with E-state index in [0.29, 0.717) is 12.1 Å². The molecule has 0 aliphatic heterocycles. The van der Waals surface area contributed by atoms with Crippen LogP contribution in [0.2, 0.25) is 0 Å². The minimum Gasteiger partial charge on any atom is -0.336 e. The number of benzene rings is 2. The largest absolute Gasteiger partial charge is 0.336 e. The standard InChI is InChI=1S/C21H25FN2O3S/c1-2-24(17-8-4-3-5-9-17)21(25)16-12-14-18(15-13-16)28(26,27)23-20-11-7-6-10-19(20)22/h6-7,10-15,17,23H,2-5,8-9H2,1H3. The van der Waals surface area contributed by atoms with E-state index in [4.69, 9.17) is 0 Å². The van der Waals surface area contributed by atoms with E-state index in [1.807, 2.05) is 11.8 Å². The zero-order valence-corrected chi connectivity index (χ0v) is 16.7. The number of nitrogens with one attached hydrogen (secondary N) is 1. The van der Waals surface area contributed by atoms with E-state index in [1.165, 1.54) is 48.9 Å². The zero-order valence-electron chi connectivity index (χ0n) is 15.9. The normalized spacial score (nSPS) is 15.2. The summed E-state index contributed by atoms with van der Waals surface area (Å²) < 4.78 is 41.0. The van der Waals surface area contributed by atoms with Crippen molar-refractivity contribution in [3.8, 4) is 0 Å². The lowest BCUT2D eigenvalue weighted by atomic mass is 9.93. The van der Waals surface area contributed by atoms with Crippen LogP contribution in [0.15, 0.2) is 53.4 Å². The van der Waals surface area contributed by atoms with E-state index in [-0.39, 0.29) is 22.5 Å². The maximum Gasteiger partial charge on any atom is 0.261 e. The molecular weight excluding hydrogens is 379 g/mol. The third-order valence-electron chi connectivity index (χ3n) is 5.15. The van der Waals surface area contributed by atoms with E-state index in [0.717, 1.165) is 25.7 Å². The molecular formula is C21H25FN2O3S. The van der Waals surface area contributed by atoms with E-state index in [1.54, 1.807) is 6.07 Å². The van der Waals surface area contributed by atoms with Crippen LogP contribution < -0.4 is 4.72 Å².